The molecule has 0 unspecified atom stereocenters. The number of carbonyl (C=O) groups is 1. The monoisotopic (exact) mass is 400 g/mol. The second-order valence-corrected chi connectivity index (χ2v) is 5.64. The Kier molecular flexibility index (Phi) is 5.08. The molecule has 0 radical (unpaired) electrons. The number of ether oxygens (including phenoxy) is 1. The molecule has 12 nitrogen and oxygen atoms in total. The predicted molar refractivity (Wildman–Crippen MR) is 99.2 cm³/mol. The number of phenolic OH excluding ortho intramolecular Hbond substituents is 1. The largest absolute Gasteiger partial charge is 0.500 e. The number of fused-ring (bicyclic) bond motifs is 1. The Morgan fingerprint density at radius 2 is 1.97 bits per heavy atom. The van der Waals surface area contributed by atoms with Gasteiger partial charge in [0, 0.05) is 29.1 Å². The van der Waals surface area contributed by atoms with Crippen molar-refractivity contribution in [2.75, 3.05) is 7.11 Å². The van der Waals surface area contributed by atoms with Crippen LogP contribution in [-0.4, -0.2) is 34.2 Å². The van der Waals surface area contributed by atoms with Gasteiger partial charge >= 0.3 is 11.6 Å². The van der Waals surface area contributed by atoms with E-state index < -0.39 is 27.2 Å². The Labute approximate surface area is 161 Å². The molecule has 0 spiro atoms. The summed E-state index contributed by atoms with van der Waals surface area (Å²) in [6.07, 6.45) is 1.11. The summed E-state index contributed by atoms with van der Waals surface area (Å²) in [5.41, 5.74) is 1.91. The molecule has 148 valence electrons. The highest BCUT2D eigenvalue weighted by Gasteiger charge is 2.19. The van der Waals surface area contributed by atoms with Crippen molar-refractivity contribution in [3.8, 4) is 11.5 Å². The van der Waals surface area contributed by atoms with Crippen molar-refractivity contribution in [2.24, 2.45) is 5.10 Å². The number of hydrazone groups is 1. The van der Waals surface area contributed by atoms with Gasteiger partial charge in [0.05, 0.1) is 23.2 Å². The van der Waals surface area contributed by atoms with E-state index in [1.807, 2.05) is 0 Å². The molecule has 3 rings (SSSR count). The number of hydrogen-bond donors (Lipinski definition) is 2. The fourth-order valence-corrected chi connectivity index (χ4v) is 2.46. The van der Waals surface area contributed by atoms with Gasteiger partial charge in [-0.2, -0.15) is 5.10 Å². The first-order valence-electron chi connectivity index (χ1n) is 7.87. The minimum absolute atomic E-state index is 0.132. The van der Waals surface area contributed by atoms with Crippen LogP contribution in [0.15, 0.2) is 45.9 Å². The topological polar surface area (TPSA) is 170 Å². The molecule has 1 aromatic heterocycles. The van der Waals surface area contributed by atoms with Gasteiger partial charge in [-0.05, 0) is 18.2 Å². The van der Waals surface area contributed by atoms with E-state index in [0.717, 1.165) is 12.3 Å². The quantitative estimate of drug-likeness (QED) is 0.361. The maximum atomic E-state index is 12.2. The van der Waals surface area contributed by atoms with Gasteiger partial charge in [0.2, 0.25) is 5.75 Å². The predicted octanol–water partition coefficient (Wildman–Crippen LogP) is 2.73. The number of methoxy groups -OCH3 is 1. The summed E-state index contributed by atoms with van der Waals surface area (Å²) in [6, 6.07) is 7.54. The van der Waals surface area contributed by atoms with Crippen LogP contribution < -0.4 is 10.2 Å². The lowest BCUT2D eigenvalue weighted by molar-refractivity contribution is -0.386. The smallest absolute Gasteiger partial charge is 0.315 e. The van der Waals surface area contributed by atoms with Crippen molar-refractivity contribution in [2.45, 2.75) is 0 Å². The molecular weight excluding hydrogens is 388 g/mol. The summed E-state index contributed by atoms with van der Waals surface area (Å²) in [5.74, 6) is -1.63. The molecule has 0 aliphatic rings. The van der Waals surface area contributed by atoms with Crippen molar-refractivity contribution in [3.05, 3.63) is 68.0 Å². The number of phenols is 1. The van der Waals surface area contributed by atoms with Crippen LogP contribution in [0.5, 0.6) is 11.5 Å². The van der Waals surface area contributed by atoms with Crippen molar-refractivity contribution in [1.82, 2.24) is 5.43 Å². The fourth-order valence-electron chi connectivity index (χ4n) is 2.46. The normalized spacial score (nSPS) is 10.9. The standard InChI is InChI=1S/C17H12N4O8/c1-28-14-5-9(4-12(16(14)22)21(26)27)8-18-19-17(23)15-7-10-6-11(20(24)25)2-3-13(10)29-15/h2-8,22H,1H3,(H,19,23)/b18-8-. The lowest BCUT2D eigenvalue weighted by Crippen LogP contribution is -2.16. The van der Waals surface area contributed by atoms with Crippen LogP contribution in [0.3, 0.4) is 0 Å². The Balaban J connectivity index is 1.79. The van der Waals surface area contributed by atoms with Crippen LogP contribution >= 0.6 is 0 Å². The summed E-state index contributed by atoms with van der Waals surface area (Å²) in [4.78, 5) is 32.6. The maximum absolute atomic E-state index is 12.2. The highest BCUT2D eigenvalue weighted by atomic mass is 16.6. The first-order chi connectivity index (χ1) is 13.8. The van der Waals surface area contributed by atoms with E-state index >= 15 is 0 Å². The van der Waals surface area contributed by atoms with E-state index in [1.165, 1.54) is 37.4 Å². The molecule has 0 fully saturated rings. The SMILES string of the molecule is COc1cc(/C=N\NC(=O)c2cc3cc([N+](=O)[O-])ccc3o2)cc([N+](=O)[O-])c1O. The number of amides is 1. The molecule has 2 aromatic carbocycles. The lowest BCUT2D eigenvalue weighted by atomic mass is 10.2. The first kappa shape index (κ1) is 19.3. The Hall–Kier alpha value is -4.48. The second-order valence-electron chi connectivity index (χ2n) is 5.64. The summed E-state index contributed by atoms with van der Waals surface area (Å²) in [7, 11) is 1.23. The molecule has 29 heavy (non-hydrogen) atoms. The summed E-state index contributed by atoms with van der Waals surface area (Å²) >= 11 is 0. The number of benzene rings is 2. The van der Waals surface area contributed by atoms with Gasteiger partial charge < -0.3 is 14.3 Å². The zero-order valence-corrected chi connectivity index (χ0v) is 14.7. The second kappa shape index (κ2) is 7.64. The van der Waals surface area contributed by atoms with Gasteiger partial charge in [-0.3, -0.25) is 25.0 Å². The number of non-ortho nitro benzene ring substituents is 1. The van der Waals surface area contributed by atoms with Crippen molar-refractivity contribution in [1.29, 1.82) is 0 Å². The highest BCUT2D eigenvalue weighted by Crippen LogP contribution is 2.36. The minimum Gasteiger partial charge on any atom is -0.500 e. The average Bonchev–Trinajstić information content (AvgIpc) is 3.12. The number of hydrogen-bond acceptors (Lipinski definition) is 9. The molecule has 1 amide bonds. The number of furan rings is 1. The van der Waals surface area contributed by atoms with E-state index in [2.05, 4.69) is 10.5 Å². The summed E-state index contributed by atoms with van der Waals surface area (Å²) in [5, 5.41) is 35.6. The fraction of sp³-hybridized carbons (Fsp3) is 0.0588. The van der Waals surface area contributed by atoms with Gasteiger partial charge in [0.1, 0.15) is 5.58 Å². The first-order valence-corrected chi connectivity index (χ1v) is 7.87. The van der Waals surface area contributed by atoms with Gasteiger partial charge in [0.15, 0.2) is 11.5 Å². The number of nitrogens with zero attached hydrogens (tertiary/aromatic N) is 3. The highest BCUT2D eigenvalue weighted by molar-refractivity contribution is 5.97. The lowest BCUT2D eigenvalue weighted by Gasteiger charge is -2.05. The number of aromatic hydroxyl groups is 1. The van der Waals surface area contributed by atoms with Crippen molar-refractivity contribution < 1.29 is 28.9 Å². The zero-order valence-electron chi connectivity index (χ0n) is 14.7. The van der Waals surface area contributed by atoms with Gasteiger partial charge in [-0.25, -0.2) is 5.43 Å². The summed E-state index contributed by atoms with van der Waals surface area (Å²) in [6.45, 7) is 0. The number of rotatable bonds is 6. The third-order valence-corrected chi connectivity index (χ3v) is 3.81. The van der Waals surface area contributed by atoms with Crippen LogP contribution in [0.25, 0.3) is 11.0 Å². The Bertz CT molecular complexity index is 1170. The van der Waals surface area contributed by atoms with E-state index in [4.69, 9.17) is 9.15 Å². The maximum Gasteiger partial charge on any atom is 0.315 e. The molecule has 0 saturated carbocycles. The van der Waals surface area contributed by atoms with Crippen molar-refractivity contribution in [3.63, 3.8) is 0 Å². The molecule has 3 aromatic rings. The Morgan fingerprint density at radius 3 is 2.62 bits per heavy atom. The van der Waals surface area contributed by atoms with E-state index in [-0.39, 0.29) is 28.3 Å². The van der Waals surface area contributed by atoms with E-state index in [1.54, 1.807) is 0 Å². The van der Waals surface area contributed by atoms with E-state index in [9.17, 15) is 30.1 Å². The van der Waals surface area contributed by atoms with Crippen LogP contribution in [0, 0.1) is 20.2 Å². The Morgan fingerprint density at radius 1 is 1.21 bits per heavy atom. The number of carbonyl (C=O) groups excluding carboxylic acids is 1. The molecule has 12 heteroatoms. The average molecular weight is 400 g/mol. The van der Waals surface area contributed by atoms with Crippen LogP contribution in [0.2, 0.25) is 0 Å². The van der Waals surface area contributed by atoms with Crippen LogP contribution in [0.1, 0.15) is 16.1 Å². The molecular formula is C17H12N4O8. The third-order valence-electron chi connectivity index (χ3n) is 3.81. The molecule has 0 atom stereocenters. The molecule has 1 heterocycles. The van der Waals surface area contributed by atoms with Gasteiger partial charge in [-0.1, -0.05) is 0 Å². The molecule has 2 N–H and O–H groups in total. The summed E-state index contributed by atoms with van der Waals surface area (Å²) < 4.78 is 10.2. The van der Waals surface area contributed by atoms with Gasteiger partial charge in [0.25, 0.3) is 5.69 Å². The van der Waals surface area contributed by atoms with Crippen molar-refractivity contribution >= 4 is 34.5 Å². The minimum atomic E-state index is -0.790. The molecule has 0 aliphatic heterocycles. The zero-order chi connectivity index (χ0) is 21.1. The van der Waals surface area contributed by atoms with Crippen LogP contribution in [-0.2, 0) is 0 Å². The molecule has 0 bridgehead atoms. The van der Waals surface area contributed by atoms with E-state index in [0.29, 0.717) is 5.39 Å². The third kappa shape index (κ3) is 3.95. The van der Waals surface area contributed by atoms with Crippen LogP contribution in [0.4, 0.5) is 11.4 Å². The molecule has 0 saturated heterocycles. The number of nitro benzene ring substituents is 2. The number of nitro groups is 2. The van der Waals surface area contributed by atoms with Gasteiger partial charge in [-0.15, -0.1) is 0 Å². The molecule has 0 aliphatic carbocycles. The number of nitrogens with one attached hydrogen (secondary N) is 1.